The van der Waals surface area contributed by atoms with Crippen molar-refractivity contribution in [1.82, 2.24) is 5.32 Å². The Hall–Kier alpha value is -1.10. The average Bonchev–Trinajstić information content (AvgIpc) is 2.54. The predicted octanol–water partition coefficient (Wildman–Crippen LogP) is 2.66. The molecule has 1 fully saturated rings. The van der Waals surface area contributed by atoms with E-state index < -0.39 is 5.41 Å². The lowest BCUT2D eigenvalue weighted by molar-refractivity contribution is -0.136. The zero-order valence-electron chi connectivity index (χ0n) is 12.4. The second-order valence-electron chi connectivity index (χ2n) is 5.58. The Labute approximate surface area is 131 Å². The van der Waals surface area contributed by atoms with Crippen LogP contribution in [0.3, 0.4) is 0 Å². The lowest BCUT2D eigenvalue weighted by Gasteiger charge is -2.36. The summed E-state index contributed by atoms with van der Waals surface area (Å²) in [4.78, 5) is 12.7. The van der Waals surface area contributed by atoms with Crippen LogP contribution in [-0.4, -0.2) is 25.7 Å². The number of hydrogen-bond acceptors (Lipinski definition) is 3. The maximum absolute atomic E-state index is 12.7. The average molecular weight is 311 g/mol. The molecule has 0 saturated carbocycles. The van der Waals surface area contributed by atoms with Gasteiger partial charge in [0.1, 0.15) is 0 Å². The van der Waals surface area contributed by atoms with Crippen LogP contribution in [-0.2, 0) is 9.53 Å². The van der Waals surface area contributed by atoms with Gasteiger partial charge in [-0.1, -0.05) is 30.7 Å². The molecule has 1 saturated heterocycles. The van der Waals surface area contributed by atoms with Crippen molar-refractivity contribution in [3.05, 3.63) is 34.9 Å². The van der Waals surface area contributed by atoms with Crippen LogP contribution in [0.1, 0.15) is 37.8 Å². The lowest BCUT2D eigenvalue weighted by atomic mass is 9.79. The van der Waals surface area contributed by atoms with Gasteiger partial charge in [0.25, 0.3) is 0 Å². The molecule has 0 bridgehead atoms. The third kappa shape index (κ3) is 3.76. The first-order valence-electron chi connectivity index (χ1n) is 7.45. The first-order valence-corrected chi connectivity index (χ1v) is 7.83. The second kappa shape index (κ2) is 7.25. The second-order valence-corrected chi connectivity index (χ2v) is 6.02. The third-order valence-electron chi connectivity index (χ3n) is 4.31. The van der Waals surface area contributed by atoms with E-state index in [1.54, 1.807) is 0 Å². The normalized spacial score (nSPS) is 19.0. The zero-order chi connectivity index (χ0) is 15.3. The molecule has 0 radical (unpaired) electrons. The van der Waals surface area contributed by atoms with Crippen LogP contribution in [0.15, 0.2) is 24.3 Å². The van der Waals surface area contributed by atoms with Crippen LogP contribution in [0.2, 0.25) is 5.02 Å². The van der Waals surface area contributed by atoms with Gasteiger partial charge in [0.2, 0.25) is 5.91 Å². The number of carbonyl (C=O) groups excluding carboxylic acids is 1. The molecule has 3 N–H and O–H groups in total. The van der Waals surface area contributed by atoms with Crippen molar-refractivity contribution in [2.75, 3.05) is 19.8 Å². The van der Waals surface area contributed by atoms with Crippen molar-refractivity contribution in [2.24, 2.45) is 11.1 Å². The summed E-state index contributed by atoms with van der Waals surface area (Å²) in [5.41, 5.74) is 6.46. The Morgan fingerprint density at radius 2 is 2.00 bits per heavy atom. The largest absolute Gasteiger partial charge is 0.381 e. The Balaban J connectivity index is 2.10. The van der Waals surface area contributed by atoms with Crippen molar-refractivity contribution < 1.29 is 9.53 Å². The highest BCUT2D eigenvalue weighted by molar-refractivity contribution is 6.30. The number of halogens is 1. The molecule has 1 aromatic carbocycles. The highest BCUT2D eigenvalue weighted by Crippen LogP contribution is 2.31. The van der Waals surface area contributed by atoms with Crippen LogP contribution in [0.25, 0.3) is 0 Å². The topological polar surface area (TPSA) is 64.4 Å². The van der Waals surface area contributed by atoms with Crippen LogP contribution in [0, 0.1) is 5.41 Å². The summed E-state index contributed by atoms with van der Waals surface area (Å²) in [6.45, 7) is 3.61. The van der Waals surface area contributed by atoms with Crippen LogP contribution in [0.5, 0.6) is 0 Å². The van der Waals surface area contributed by atoms with Gasteiger partial charge >= 0.3 is 0 Å². The predicted molar refractivity (Wildman–Crippen MR) is 84.2 cm³/mol. The van der Waals surface area contributed by atoms with Gasteiger partial charge in [-0.15, -0.1) is 0 Å². The van der Waals surface area contributed by atoms with Gasteiger partial charge in [0.05, 0.1) is 11.5 Å². The molecule has 2 rings (SSSR count). The molecule has 0 spiro atoms. The number of amides is 1. The van der Waals surface area contributed by atoms with Crippen LogP contribution >= 0.6 is 11.6 Å². The van der Waals surface area contributed by atoms with Crippen LogP contribution < -0.4 is 11.1 Å². The summed E-state index contributed by atoms with van der Waals surface area (Å²) < 4.78 is 5.36. The third-order valence-corrected chi connectivity index (χ3v) is 4.56. The zero-order valence-corrected chi connectivity index (χ0v) is 13.2. The van der Waals surface area contributed by atoms with E-state index in [-0.39, 0.29) is 11.9 Å². The summed E-state index contributed by atoms with van der Waals surface area (Å²) in [7, 11) is 0. The molecule has 4 nitrogen and oxygen atoms in total. The lowest BCUT2D eigenvalue weighted by Crippen LogP contribution is -2.49. The number of nitrogens with one attached hydrogen (secondary N) is 1. The van der Waals surface area contributed by atoms with E-state index in [0.29, 0.717) is 37.6 Å². The first-order chi connectivity index (χ1) is 10.1. The van der Waals surface area contributed by atoms with E-state index in [0.717, 1.165) is 12.0 Å². The van der Waals surface area contributed by atoms with E-state index in [1.807, 2.05) is 24.3 Å². The first kappa shape index (κ1) is 16.3. The molecule has 0 aliphatic carbocycles. The Morgan fingerprint density at radius 1 is 1.38 bits per heavy atom. The Morgan fingerprint density at radius 3 is 2.52 bits per heavy atom. The van der Waals surface area contributed by atoms with Gasteiger partial charge in [-0.05, 0) is 37.0 Å². The molecule has 1 aromatic rings. The number of nitrogens with two attached hydrogens (primary N) is 1. The van der Waals surface area contributed by atoms with Crippen molar-refractivity contribution >= 4 is 17.5 Å². The van der Waals surface area contributed by atoms with E-state index in [4.69, 9.17) is 22.1 Å². The molecule has 1 heterocycles. The monoisotopic (exact) mass is 310 g/mol. The molecule has 1 amide bonds. The number of hydrogen-bond donors (Lipinski definition) is 2. The van der Waals surface area contributed by atoms with E-state index in [2.05, 4.69) is 12.2 Å². The summed E-state index contributed by atoms with van der Waals surface area (Å²) in [5.74, 6) is 0.0371. The van der Waals surface area contributed by atoms with Gasteiger partial charge < -0.3 is 15.8 Å². The molecule has 21 heavy (non-hydrogen) atoms. The molecule has 0 aromatic heterocycles. The SMILES string of the molecule is CCC(NC(=O)C1(CN)CCOCC1)c1ccc(Cl)cc1. The fourth-order valence-electron chi connectivity index (χ4n) is 2.71. The van der Waals surface area contributed by atoms with Gasteiger partial charge in [-0.2, -0.15) is 0 Å². The van der Waals surface area contributed by atoms with Gasteiger partial charge in [0, 0.05) is 24.8 Å². The minimum Gasteiger partial charge on any atom is -0.381 e. The fraction of sp³-hybridized carbons (Fsp3) is 0.562. The fourth-order valence-corrected chi connectivity index (χ4v) is 2.84. The Kier molecular flexibility index (Phi) is 5.62. The smallest absolute Gasteiger partial charge is 0.228 e. The summed E-state index contributed by atoms with van der Waals surface area (Å²) in [6.07, 6.45) is 2.20. The van der Waals surface area contributed by atoms with Crippen molar-refractivity contribution in [1.29, 1.82) is 0 Å². The summed E-state index contributed by atoms with van der Waals surface area (Å²) >= 11 is 5.91. The number of ether oxygens (including phenoxy) is 1. The minimum atomic E-state index is -0.488. The number of carbonyl (C=O) groups is 1. The van der Waals surface area contributed by atoms with E-state index in [1.165, 1.54) is 0 Å². The highest BCUT2D eigenvalue weighted by Gasteiger charge is 2.39. The van der Waals surface area contributed by atoms with Crippen molar-refractivity contribution in [2.45, 2.75) is 32.2 Å². The van der Waals surface area contributed by atoms with Crippen molar-refractivity contribution in [3.63, 3.8) is 0 Å². The molecular weight excluding hydrogens is 288 g/mol. The summed E-state index contributed by atoms with van der Waals surface area (Å²) in [5, 5.41) is 3.84. The van der Waals surface area contributed by atoms with Gasteiger partial charge in [0.15, 0.2) is 0 Å². The van der Waals surface area contributed by atoms with E-state index in [9.17, 15) is 4.79 Å². The molecule has 116 valence electrons. The maximum Gasteiger partial charge on any atom is 0.228 e. The van der Waals surface area contributed by atoms with Gasteiger partial charge in [-0.3, -0.25) is 4.79 Å². The quantitative estimate of drug-likeness (QED) is 0.879. The highest BCUT2D eigenvalue weighted by atomic mass is 35.5. The Bertz CT molecular complexity index is 470. The molecule has 1 atom stereocenters. The minimum absolute atomic E-state index is 0.0129. The van der Waals surface area contributed by atoms with Crippen molar-refractivity contribution in [3.8, 4) is 0 Å². The molecule has 1 aliphatic heterocycles. The maximum atomic E-state index is 12.7. The summed E-state index contributed by atoms with van der Waals surface area (Å²) in [6, 6.07) is 7.59. The molecular formula is C16H23ClN2O2. The molecule has 5 heteroatoms. The molecule has 1 aliphatic rings. The van der Waals surface area contributed by atoms with Crippen LogP contribution in [0.4, 0.5) is 0 Å². The van der Waals surface area contributed by atoms with Gasteiger partial charge in [-0.25, -0.2) is 0 Å². The number of benzene rings is 1. The van der Waals surface area contributed by atoms with E-state index >= 15 is 0 Å². The molecule has 1 unspecified atom stereocenters. The standard InChI is InChI=1S/C16H23ClN2O2/c1-2-14(12-3-5-13(17)6-4-12)19-15(20)16(11-18)7-9-21-10-8-16/h3-6,14H,2,7-11,18H2,1H3,(H,19,20). The number of rotatable bonds is 5.